The summed E-state index contributed by atoms with van der Waals surface area (Å²) in [5.41, 5.74) is 5.91. The number of aryl methyl sites for hydroxylation is 2. The highest BCUT2D eigenvalue weighted by Crippen LogP contribution is 2.22. The minimum Gasteiger partial charge on any atom is -0.372 e. The molecule has 4 nitrogen and oxygen atoms in total. The smallest absolute Gasteiger partial charge is 0.238 e. The van der Waals surface area contributed by atoms with Crippen LogP contribution >= 0.6 is 0 Å². The third kappa shape index (κ3) is 4.85. The highest BCUT2D eigenvalue weighted by atomic mass is 16.2. The lowest BCUT2D eigenvalue weighted by Crippen LogP contribution is -2.30. The summed E-state index contributed by atoms with van der Waals surface area (Å²) in [6.07, 6.45) is 2.54. The second-order valence-electron chi connectivity index (χ2n) is 7.39. The van der Waals surface area contributed by atoms with Crippen LogP contribution in [0.3, 0.4) is 0 Å². The van der Waals surface area contributed by atoms with E-state index in [4.69, 9.17) is 0 Å². The van der Waals surface area contributed by atoms with Crippen molar-refractivity contribution in [3.63, 3.8) is 0 Å². The van der Waals surface area contributed by atoms with Gasteiger partial charge in [0.05, 0.1) is 6.54 Å². The highest BCUT2D eigenvalue weighted by Gasteiger charge is 2.13. The molecule has 0 saturated carbocycles. The van der Waals surface area contributed by atoms with Gasteiger partial charge in [-0.2, -0.15) is 0 Å². The molecular weight excluding hydrogens is 322 g/mol. The lowest BCUT2D eigenvalue weighted by Gasteiger charge is -2.19. The standard InChI is InChI=1S/C22H29N3O/c1-17-6-7-19(18(2)14-17)15-24(3)16-22(26)23-20-8-10-21(11-9-20)25-12-4-5-13-25/h6-11,14H,4-5,12-13,15-16H2,1-3H3,(H,23,26). The second-order valence-corrected chi connectivity index (χ2v) is 7.39. The first kappa shape index (κ1) is 18.5. The van der Waals surface area contributed by atoms with Gasteiger partial charge in [-0.3, -0.25) is 9.69 Å². The van der Waals surface area contributed by atoms with Crippen LogP contribution in [0.15, 0.2) is 42.5 Å². The van der Waals surface area contributed by atoms with Crippen LogP contribution in [0.1, 0.15) is 29.5 Å². The van der Waals surface area contributed by atoms with E-state index in [0.717, 1.165) is 25.3 Å². The summed E-state index contributed by atoms with van der Waals surface area (Å²) in [7, 11) is 1.98. The largest absolute Gasteiger partial charge is 0.372 e. The van der Waals surface area contributed by atoms with Crippen molar-refractivity contribution >= 4 is 17.3 Å². The first-order chi connectivity index (χ1) is 12.5. The van der Waals surface area contributed by atoms with Crippen LogP contribution in [0.5, 0.6) is 0 Å². The Bertz CT molecular complexity index is 748. The van der Waals surface area contributed by atoms with Crippen molar-refractivity contribution in [2.75, 3.05) is 36.9 Å². The predicted molar refractivity (Wildman–Crippen MR) is 109 cm³/mol. The summed E-state index contributed by atoms with van der Waals surface area (Å²) in [4.78, 5) is 16.8. The van der Waals surface area contributed by atoms with Gasteiger partial charge in [-0.1, -0.05) is 23.8 Å². The van der Waals surface area contributed by atoms with Gasteiger partial charge in [-0.15, -0.1) is 0 Å². The molecule has 0 spiro atoms. The quantitative estimate of drug-likeness (QED) is 0.855. The Kier molecular flexibility index (Phi) is 5.94. The number of nitrogens with zero attached hydrogens (tertiary/aromatic N) is 2. The van der Waals surface area contributed by atoms with E-state index in [2.05, 4.69) is 54.4 Å². The fraction of sp³-hybridized carbons (Fsp3) is 0.409. The molecular formula is C22H29N3O. The summed E-state index contributed by atoms with van der Waals surface area (Å²) >= 11 is 0. The Balaban J connectivity index is 1.51. The van der Waals surface area contributed by atoms with Crippen LogP contribution in [-0.2, 0) is 11.3 Å². The zero-order chi connectivity index (χ0) is 18.5. The number of rotatable bonds is 6. The van der Waals surface area contributed by atoms with Crippen molar-refractivity contribution in [2.24, 2.45) is 0 Å². The molecule has 3 rings (SSSR count). The molecule has 0 aromatic heterocycles. The molecule has 2 aromatic carbocycles. The monoisotopic (exact) mass is 351 g/mol. The fourth-order valence-electron chi connectivity index (χ4n) is 3.55. The Morgan fingerprint density at radius 3 is 2.42 bits per heavy atom. The van der Waals surface area contributed by atoms with Crippen molar-refractivity contribution < 1.29 is 4.79 Å². The van der Waals surface area contributed by atoms with Crippen molar-refractivity contribution in [3.05, 3.63) is 59.2 Å². The molecule has 1 N–H and O–H groups in total. The maximum absolute atomic E-state index is 12.3. The SMILES string of the molecule is Cc1ccc(CN(C)CC(=O)Nc2ccc(N3CCCC3)cc2)c(C)c1. The number of hydrogen-bond donors (Lipinski definition) is 1. The van der Waals surface area contributed by atoms with Gasteiger partial charge in [0.25, 0.3) is 0 Å². The number of amides is 1. The molecule has 1 saturated heterocycles. The zero-order valence-electron chi connectivity index (χ0n) is 16.1. The number of benzene rings is 2. The van der Waals surface area contributed by atoms with Crippen molar-refractivity contribution in [1.82, 2.24) is 4.90 Å². The predicted octanol–water partition coefficient (Wildman–Crippen LogP) is 3.97. The average Bonchev–Trinajstić information content (AvgIpc) is 3.12. The lowest BCUT2D eigenvalue weighted by atomic mass is 10.1. The molecule has 0 atom stereocenters. The third-order valence-electron chi connectivity index (χ3n) is 4.97. The fourth-order valence-corrected chi connectivity index (χ4v) is 3.55. The van der Waals surface area contributed by atoms with Crippen LogP contribution in [0.4, 0.5) is 11.4 Å². The first-order valence-electron chi connectivity index (χ1n) is 9.41. The molecule has 1 aliphatic heterocycles. The van der Waals surface area contributed by atoms with Crippen LogP contribution in [0.2, 0.25) is 0 Å². The van der Waals surface area contributed by atoms with Crippen molar-refractivity contribution in [1.29, 1.82) is 0 Å². The number of carbonyl (C=O) groups is 1. The molecule has 1 aliphatic rings. The number of likely N-dealkylation sites (N-methyl/N-ethyl adjacent to an activating group) is 1. The van der Waals surface area contributed by atoms with Gasteiger partial charge in [0.1, 0.15) is 0 Å². The van der Waals surface area contributed by atoms with Gasteiger partial charge >= 0.3 is 0 Å². The van der Waals surface area contributed by atoms with E-state index >= 15 is 0 Å². The molecule has 0 aliphatic carbocycles. The summed E-state index contributed by atoms with van der Waals surface area (Å²) in [5, 5.41) is 3.00. The molecule has 26 heavy (non-hydrogen) atoms. The van der Waals surface area contributed by atoms with Crippen LogP contribution in [-0.4, -0.2) is 37.5 Å². The Morgan fingerprint density at radius 1 is 1.08 bits per heavy atom. The molecule has 1 heterocycles. The molecule has 0 bridgehead atoms. The number of nitrogens with one attached hydrogen (secondary N) is 1. The molecule has 0 unspecified atom stereocenters. The Labute approximate surface area is 156 Å². The van der Waals surface area contributed by atoms with Gasteiger partial charge in [0.2, 0.25) is 5.91 Å². The highest BCUT2D eigenvalue weighted by molar-refractivity contribution is 5.92. The molecule has 1 amide bonds. The van der Waals surface area contributed by atoms with Gasteiger partial charge < -0.3 is 10.2 Å². The van der Waals surface area contributed by atoms with E-state index in [1.54, 1.807) is 0 Å². The van der Waals surface area contributed by atoms with Crippen LogP contribution in [0.25, 0.3) is 0 Å². The third-order valence-corrected chi connectivity index (χ3v) is 4.97. The summed E-state index contributed by atoms with van der Waals surface area (Å²) < 4.78 is 0. The zero-order valence-corrected chi connectivity index (χ0v) is 16.1. The van der Waals surface area contributed by atoms with Crippen molar-refractivity contribution in [3.8, 4) is 0 Å². The summed E-state index contributed by atoms with van der Waals surface area (Å²) in [5.74, 6) is 0.0196. The number of hydrogen-bond acceptors (Lipinski definition) is 3. The molecule has 1 fully saturated rings. The number of carbonyl (C=O) groups excluding carboxylic acids is 1. The minimum atomic E-state index is 0.0196. The van der Waals surface area contributed by atoms with Gasteiger partial charge in [-0.05, 0) is 69.1 Å². The second kappa shape index (κ2) is 8.37. The van der Waals surface area contributed by atoms with E-state index in [1.165, 1.54) is 35.2 Å². The minimum absolute atomic E-state index is 0.0196. The van der Waals surface area contributed by atoms with E-state index in [-0.39, 0.29) is 5.91 Å². The molecule has 2 aromatic rings. The molecule has 4 heteroatoms. The maximum atomic E-state index is 12.3. The average molecular weight is 351 g/mol. The van der Waals surface area contributed by atoms with E-state index < -0.39 is 0 Å². The molecule has 0 radical (unpaired) electrons. The van der Waals surface area contributed by atoms with Gasteiger partial charge in [-0.25, -0.2) is 0 Å². The normalized spacial score (nSPS) is 14.1. The summed E-state index contributed by atoms with van der Waals surface area (Å²) in [6, 6.07) is 14.6. The van der Waals surface area contributed by atoms with Crippen molar-refractivity contribution in [2.45, 2.75) is 33.2 Å². The Morgan fingerprint density at radius 2 is 1.77 bits per heavy atom. The Hall–Kier alpha value is -2.33. The lowest BCUT2D eigenvalue weighted by molar-refractivity contribution is -0.117. The first-order valence-corrected chi connectivity index (χ1v) is 9.41. The van der Waals surface area contributed by atoms with E-state index in [0.29, 0.717) is 6.54 Å². The van der Waals surface area contributed by atoms with E-state index in [9.17, 15) is 4.79 Å². The van der Waals surface area contributed by atoms with Crippen LogP contribution in [0, 0.1) is 13.8 Å². The summed E-state index contributed by atoms with van der Waals surface area (Å²) in [6.45, 7) is 7.64. The van der Waals surface area contributed by atoms with Gasteiger partial charge in [0, 0.05) is 31.0 Å². The topological polar surface area (TPSA) is 35.6 Å². The van der Waals surface area contributed by atoms with Crippen LogP contribution < -0.4 is 10.2 Å². The molecule has 138 valence electrons. The van der Waals surface area contributed by atoms with E-state index in [1.807, 2.05) is 24.1 Å². The number of anilines is 2. The van der Waals surface area contributed by atoms with Gasteiger partial charge in [0.15, 0.2) is 0 Å². The maximum Gasteiger partial charge on any atom is 0.238 e.